The first-order valence-corrected chi connectivity index (χ1v) is 5.66. The second-order valence-corrected chi connectivity index (χ2v) is 3.82. The molecule has 0 bridgehead atoms. The lowest BCUT2D eigenvalue weighted by atomic mass is 10.1. The molecule has 2 nitrogen and oxygen atoms in total. The summed E-state index contributed by atoms with van der Waals surface area (Å²) in [6.07, 6.45) is 7.81. The SMILES string of the molecule is CCCCCCCCNC[C@H](C)O. The summed E-state index contributed by atoms with van der Waals surface area (Å²) in [5, 5.41) is 12.2. The van der Waals surface area contributed by atoms with Crippen molar-refractivity contribution in [2.75, 3.05) is 13.1 Å². The van der Waals surface area contributed by atoms with Gasteiger partial charge in [0.2, 0.25) is 0 Å². The fourth-order valence-corrected chi connectivity index (χ4v) is 1.34. The Bertz CT molecular complexity index is 94.1. The van der Waals surface area contributed by atoms with Crippen molar-refractivity contribution in [2.45, 2.75) is 58.5 Å². The molecule has 0 saturated carbocycles. The van der Waals surface area contributed by atoms with Gasteiger partial charge in [-0.25, -0.2) is 0 Å². The summed E-state index contributed by atoms with van der Waals surface area (Å²) < 4.78 is 0. The largest absolute Gasteiger partial charge is 0.392 e. The minimum Gasteiger partial charge on any atom is -0.392 e. The van der Waals surface area contributed by atoms with Crippen molar-refractivity contribution in [3.05, 3.63) is 0 Å². The molecule has 0 heterocycles. The second-order valence-electron chi connectivity index (χ2n) is 3.82. The molecule has 0 rings (SSSR count). The normalized spacial score (nSPS) is 13.2. The molecule has 0 amide bonds. The number of hydrogen-bond acceptors (Lipinski definition) is 2. The van der Waals surface area contributed by atoms with Crippen molar-refractivity contribution in [1.82, 2.24) is 5.32 Å². The lowest BCUT2D eigenvalue weighted by Gasteiger charge is -2.06. The molecule has 2 N–H and O–H groups in total. The van der Waals surface area contributed by atoms with E-state index in [2.05, 4.69) is 12.2 Å². The number of aliphatic hydroxyl groups is 1. The predicted molar refractivity (Wildman–Crippen MR) is 57.9 cm³/mol. The predicted octanol–water partition coefficient (Wildman–Crippen LogP) is 2.32. The maximum atomic E-state index is 8.96. The molecule has 0 aromatic rings. The average Bonchev–Trinajstić information content (AvgIpc) is 2.09. The van der Waals surface area contributed by atoms with Gasteiger partial charge in [0.15, 0.2) is 0 Å². The van der Waals surface area contributed by atoms with Gasteiger partial charge in [0.05, 0.1) is 6.10 Å². The Morgan fingerprint density at radius 1 is 1.08 bits per heavy atom. The molecular weight excluding hydrogens is 162 g/mol. The van der Waals surface area contributed by atoms with Crippen molar-refractivity contribution in [2.24, 2.45) is 0 Å². The highest BCUT2D eigenvalue weighted by Crippen LogP contribution is 2.03. The van der Waals surface area contributed by atoms with Crippen LogP contribution in [0.1, 0.15) is 52.4 Å². The molecule has 1 atom stereocenters. The van der Waals surface area contributed by atoms with Crippen molar-refractivity contribution in [1.29, 1.82) is 0 Å². The van der Waals surface area contributed by atoms with E-state index in [1.165, 1.54) is 38.5 Å². The van der Waals surface area contributed by atoms with E-state index in [0.29, 0.717) is 0 Å². The molecule has 0 fully saturated rings. The molecule has 80 valence electrons. The first-order chi connectivity index (χ1) is 6.27. The maximum absolute atomic E-state index is 8.96. The van der Waals surface area contributed by atoms with Gasteiger partial charge in [0, 0.05) is 6.54 Å². The summed E-state index contributed by atoms with van der Waals surface area (Å²) in [5.74, 6) is 0. The van der Waals surface area contributed by atoms with Crippen LogP contribution in [0.15, 0.2) is 0 Å². The van der Waals surface area contributed by atoms with Gasteiger partial charge in [-0.05, 0) is 19.9 Å². The number of aliphatic hydroxyl groups excluding tert-OH is 1. The van der Waals surface area contributed by atoms with Gasteiger partial charge < -0.3 is 10.4 Å². The maximum Gasteiger partial charge on any atom is 0.0636 e. The number of rotatable bonds is 9. The molecule has 0 aliphatic carbocycles. The highest BCUT2D eigenvalue weighted by Gasteiger charge is 1.93. The Morgan fingerprint density at radius 2 is 1.69 bits per heavy atom. The van der Waals surface area contributed by atoms with E-state index in [1.54, 1.807) is 0 Å². The van der Waals surface area contributed by atoms with Gasteiger partial charge in [-0.15, -0.1) is 0 Å². The molecule has 0 spiro atoms. The Morgan fingerprint density at radius 3 is 2.31 bits per heavy atom. The standard InChI is InChI=1S/C11H25NO/c1-3-4-5-6-7-8-9-12-10-11(2)13/h11-13H,3-10H2,1-2H3/t11-/m0/s1. The Balaban J connectivity index is 2.84. The fourth-order valence-electron chi connectivity index (χ4n) is 1.34. The summed E-state index contributed by atoms with van der Waals surface area (Å²) in [5.41, 5.74) is 0. The molecule has 0 aliphatic rings. The van der Waals surface area contributed by atoms with E-state index in [0.717, 1.165) is 13.1 Å². The number of hydrogen-bond donors (Lipinski definition) is 2. The molecule has 0 aromatic carbocycles. The topological polar surface area (TPSA) is 32.3 Å². The quantitative estimate of drug-likeness (QED) is 0.543. The van der Waals surface area contributed by atoms with Crippen molar-refractivity contribution in [3.8, 4) is 0 Å². The zero-order chi connectivity index (χ0) is 9.94. The Labute approximate surface area is 82.7 Å². The van der Waals surface area contributed by atoms with E-state index < -0.39 is 0 Å². The van der Waals surface area contributed by atoms with Crippen LogP contribution in [-0.2, 0) is 0 Å². The number of nitrogens with one attached hydrogen (secondary N) is 1. The minimum atomic E-state index is -0.208. The summed E-state index contributed by atoms with van der Waals surface area (Å²) in [7, 11) is 0. The van der Waals surface area contributed by atoms with Crippen LogP contribution in [0.5, 0.6) is 0 Å². The Hall–Kier alpha value is -0.0800. The summed E-state index contributed by atoms with van der Waals surface area (Å²) in [6, 6.07) is 0. The van der Waals surface area contributed by atoms with Gasteiger partial charge >= 0.3 is 0 Å². The molecule has 0 saturated heterocycles. The van der Waals surface area contributed by atoms with Crippen LogP contribution in [-0.4, -0.2) is 24.3 Å². The highest BCUT2D eigenvalue weighted by atomic mass is 16.3. The van der Waals surface area contributed by atoms with Crippen LogP contribution >= 0.6 is 0 Å². The van der Waals surface area contributed by atoms with Crippen molar-refractivity contribution in [3.63, 3.8) is 0 Å². The van der Waals surface area contributed by atoms with Crippen LogP contribution in [0.2, 0.25) is 0 Å². The molecule has 2 heteroatoms. The van der Waals surface area contributed by atoms with Gasteiger partial charge in [-0.3, -0.25) is 0 Å². The van der Waals surface area contributed by atoms with Gasteiger partial charge in [-0.1, -0.05) is 39.0 Å². The number of unbranched alkanes of at least 4 members (excludes halogenated alkanes) is 5. The van der Waals surface area contributed by atoms with Crippen LogP contribution in [0.25, 0.3) is 0 Å². The molecule has 0 aliphatic heterocycles. The summed E-state index contributed by atoms with van der Waals surface area (Å²) >= 11 is 0. The fraction of sp³-hybridized carbons (Fsp3) is 1.00. The Kier molecular flexibility index (Phi) is 9.94. The highest BCUT2D eigenvalue weighted by molar-refractivity contribution is 4.53. The third-order valence-corrected chi connectivity index (χ3v) is 2.15. The molecule has 0 unspecified atom stereocenters. The zero-order valence-electron chi connectivity index (χ0n) is 9.18. The van der Waals surface area contributed by atoms with Gasteiger partial charge in [-0.2, -0.15) is 0 Å². The summed E-state index contributed by atoms with van der Waals surface area (Å²) in [4.78, 5) is 0. The van der Waals surface area contributed by atoms with Crippen LogP contribution in [0.3, 0.4) is 0 Å². The van der Waals surface area contributed by atoms with E-state index in [-0.39, 0.29) is 6.10 Å². The first-order valence-electron chi connectivity index (χ1n) is 5.66. The summed E-state index contributed by atoms with van der Waals surface area (Å²) in [6.45, 7) is 5.84. The van der Waals surface area contributed by atoms with E-state index in [1.807, 2.05) is 6.92 Å². The first kappa shape index (κ1) is 12.9. The van der Waals surface area contributed by atoms with Crippen LogP contribution < -0.4 is 5.32 Å². The molecule has 0 aromatic heterocycles. The van der Waals surface area contributed by atoms with E-state index in [9.17, 15) is 0 Å². The average molecular weight is 187 g/mol. The van der Waals surface area contributed by atoms with Crippen molar-refractivity contribution < 1.29 is 5.11 Å². The van der Waals surface area contributed by atoms with Crippen molar-refractivity contribution >= 4 is 0 Å². The lowest BCUT2D eigenvalue weighted by Crippen LogP contribution is -2.25. The van der Waals surface area contributed by atoms with E-state index >= 15 is 0 Å². The molecular formula is C11H25NO. The van der Waals surface area contributed by atoms with E-state index in [4.69, 9.17) is 5.11 Å². The second kappa shape index (κ2) is 10.0. The minimum absolute atomic E-state index is 0.208. The molecule has 0 radical (unpaired) electrons. The third-order valence-electron chi connectivity index (χ3n) is 2.15. The zero-order valence-corrected chi connectivity index (χ0v) is 9.18. The molecule has 13 heavy (non-hydrogen) atoms. The monoisotopic (exact) mass is 187 g/mol. The smallest absolute Gasteiger partial charge is 0.0636 e. The third kappa shape index (κ3) is 11.9. The van der Waals surface area contributed by atoms with Crippen LogP contribution in [0.4, 0.5) is 0 Å². The lowest BCUT2D eigenvalue weighted by molar-refractivity contribution is 0.191. The van der Waals surface area contributed by atoms with Gasteiger partial charge in [0.25, 0.3) is 0 Å². The van der Waals surface area contributed by atoms with Gasteiger partial charge in [0.1, 0.15) is 0 Å². The van der Waals surface area contributed by atoms with Crippen LogP contribution in [0, 0.1) is 0 Å².